The molecule has 1 rings (SSSR count). The fraction of sp³-hybridized carbons (Fsp3) is 0.882. The monoisotopic (exact) mass is 376 g/mol. The van der Waals surface area contributed by atoms with Gasteiger partial charge < -0.3 is 38.5 Å². The molecule has 0 unspecified atom stereocenters. The third-order valence-corrected chi connectivity index (χ3v) is 4.16. The predicted octanol–water partition coefficient (Wildman–Crippen LogP) is 0.551. The molecule has 0 aromatic rings. The average molecular weight is 376 g/mol. The first-order chi connectivity index (χ1) is 12.2. The molecule has 9 heteroatoms. The van der Waals surface area contributed by atoms with Crippen LogP contribution in [0.1, 0.15) is 27.7 Å². The molecular formula is C17H33BO8. The highest BCUT2D eigenvalue weighted by Gasteiger charge is 2.49. The van der Waals surface area contributed by atoms with Crippen molar-refractivity contribution in [3.8, 4) is 0 Å². The second-order valence-corrected chi connectivity index (χ2v) is 6.91. The normalized spacial score (nSPS) is 19.1. The summed E-state index contributed by atoms with van der Waals surface area (Å²) >= 11 is 0. The number of aliphatic hydroxyl groups excluding tert-OH is 1. The van der Waals surface area contributed by atoms with E-state index in [1.807, 2.05) is 39.7 Å². The Morgan fingerprint density at radius 1 is 0.808 bits per heavy atom. The van der Waals surface area contributed by atoms with Crippen molar-refractivity contribution in [3.05, 3.63) is 12.1 Å². The smallest absolute Gasteiger partial charge is 0.400 e. The van der Waals surface area contributed by atoms with Gasteiger partial charge in [-0.05, 0) is 27.7 Å². The van der Waals surface area contributed by atoms with Crippen molar-refractivity contribution >= 4 is 7.12 Å². The SMILES string of the molecule is CC1(C)OB(/C=C/COCCOCCOCCOCC(O)O)OC1(C)C. The van der Waals surface area contributed by atoms with E-state index in [0.717, 1.165) is 0 Å². The minimum Gasteiger partial charge on any atom is -0.400 e. The van der Waals surface area contributed by atoms with Gasteiger partial charge >= 0.3 is 7.12 Å². The summed E-state index contributed by atoms with van der Waals surface area (Å²) in [6.07, 6.45) is 0.444. The number of hydrogen-bond donors (Lipinski definition) is 2. The van der Waals surface area contributed by atoms with E-state index in [9.17, 15) is 0 Å². The minimum atomic E-state index is -1.44. The van der Waals surface area contributed by atoms with Gasteiger partial charge in [0.05, 0.1) is 64.1 Å². The summed E-state index contributed by atoms with van der Waals surface area (Å²) in [5.74, 6) is 1.86. The Balaban J connectivity index is 1.88. The fourth-order valence-corrected chi connectivity index (χ4v) is 2.03. The number of aliphatic hydroxyl groups is 2. The van der Waals surface area contributed by atoms with Crippen LogP contribution in [0.4, 0.5) is 0 Å². The molecular weight excluding hydrogens is 343 g/mol. The molecule has 1 fully saturated rings. The maximum Gasteiger partial charge on any atom is 0.486 e. The number of rotatable bonds is 14. The van der Waals surface area contributed by atoms with Crippen LogP contribution < -0.4 is 0 Å². The van der Waals surface area contributed by atoms with E-state index in [1.165, 1.54) is 0 Å². The zero-order chi connectivity index (χ0) is 19.5. The molecule has 1 aliphatic rings. The molecule has 2 N–H and O–H groups in total. The van der Waals surface area contributed by atoms with E-state index in [2.05, 4.69) is 0 Å². The molecule has 1 saturated heterocycles. The molecule has 1 heterocycles. The van der Waals surface area contributed by atoms with Gasteiger partial charge in [0, 0.05) is 0 Å². The summed E-state index contributed by atoms with van der Waals surface area (Å²) in [6, 6.07) is 0. The molecule has 0 saturated carbocycles. The summed E-state index contributed by atoms with van der Waals surface area (Å²) in [5.41, 5.74) is -0.657. The molecule has 0 atom stereocenters. The summed E-state index contributed by atoms with van der Waals surface area (Å²) in [4.78, 5) is 0. The number of hydrogen-bond acceptors (Lipinski definition) is 8. The maximum atomic E-state index is 8.57. The Labute approximate surface area is 156 Å². The van der Waals surface area contributed by atoms with Gasteiger partial charge in [0.2, 0.25) is 0 Å². The topological polar surface area (TPSA) is 95.8 Å². The molecule has 0 bridgehead atoms. The summed E-state index contributed by atoms with van der Waals surface area (Å²) in [6.45, 7) is 11.0. The zero-order valence-corrected chi connectivity index (χ0v) is 16.3. The lowest BCUT2D eigenvalue weighted by atomic mass is 9.90. The zero-order valence-electron chi connectivity index (χ0n) is 16.3. The third kappa shape index (κ3) is 9.43. The Kier molecular flexibility index (Phi) is 10.9. The van der Waals surface area contributed by atoms with Gasteiger partial charge in [-0.15, -0.1) is 0 Å². The Bertz CT molecular complexity index is 384. The van der Waals surface area contributed by atoms with Gasteiger partial charge in [0.25, 0.3) is 0 Å². The van der Waals surface area contributed by atoms with E-state index >= 15 is 0 Å². The van der Waals surface area contributed by atoms with Crippen molar-refractivity contribution in [2.24, 2.45) is 0 Å². The summed E-state index contributed by atoms with van der Waals surface area (Å²) < 4.78 is 32.7. The predicted molar refractivity (Wildman–Crippen MR) is 96.7 cm³/mol. The first-order valence-electron chi connectivity index (χ1n) is 8.94. The molecule has 0 amide bonds. The molecule has 152 valence electrons. The summed E-state index contributed by atoms with van der Waals surface area (Å²) in [7, 11) is -0.346. The van der Waals surface area contributed by atoms with Crippen LogP contribution in [0.2, 0.25) is 0 Å². The Morgan fingerprint density at radius 3 is 1.77 bits per heavy atom. The third-order valence-electron chi connectivity index (χ3n) is 4.16. The highest BCUT2D eigenvalue weighted by molar-refractivity contribution is 6.51. The lowest BCUT2D eigenvalue weighted by Crippen LogP contribution is -2.41. The second-order valence-electron chi connectivity index (χ2n) is 6.91. The lowest BCUT2D eigenvalue weighted by Gasteiger charge is -2.32. The van der Waals surface area contributed by atoms with E-state index in [0.29, 0.717) is 46.2 Å². The van der Waals surface area contributed by atoms with E-state index in [-0.39, 0.29) is 24.9 Å². The number of ether oxygens (including phenoxy) is 4. The van der Waals surface area contributed by atoms with Crippen LogP contribution in [-0.2, 0) is 28.3 Å². The second kappa shape index (κ2) is 12.0. The summed E-state index contributed by atoms with van der Waals surface area (Å²) in [5, 5.41) is 17.1. The quantitative estimate of drug-likeness (QED) is 0.258. The van der Waals surface area contributed by atoms with Gasteiger partial charge in [0.15, 0.2) is 6.29 Å². The van der Waals surface area contributed by atoms with Crippen molar-refractivity contribution in [1.29, 1.82) is 0 Å². The Morgan fingerprint density at radius 2 is 1.27 bits per heavy atom. The average Bonchev–Trinajstić information content (AvgIpc) is 2.74. The molecule has 0 aromatic heterocycles. The van der Waals surface area contributed by atoms with Crippen LogP contribution >= 0.6 is 0 Å². The highest BCUT2D eigenvalue weighted by Crippen LogP contribution is 2.36. The highest BCUT2D eigenvalue weighted by atomic mass is 16.7. The van der Waals surface area contributed by atoms with E-state index in [4.69, 9.17) is 38.5 Å². The first-order valence-corrected chi connectivity index (χ1v) is 8.94. The van der Waals surface area contributed by atoms with E-state index in [1.54, 1.807) is 0 Å². The minimum absolute atomic E-state index is 0.111. The Hall–Kier alpha value is -0.515. The van der Waals surface area contributed by atoms with Crippen molar-refractivity contribution in [1.82, 2.24) is 0 Å². The van der Waals surface area contributed by atoms with Crippen LogP contribution in [0.25, 0.3) is 0 Å². The molecule has 0 spiro atoms. The van der Waals surface area contributed by atoms with Crippen molar-refractivity contribution in [3.63, 3.8) is 0 Å². The van der Waals surface area contributed by atoms with Crippen LogP contribution in [0, 0.1) is 0 Å². The lowest BCUT2D eigenvalue weighted by molar-refractivity contribution is -0.101. The first kappa shape index (κ1) is 23.5. The standard InChI is InChI=1S/C17H33BO8/c1-16(2)17(3,4)26-18(25-16)6-5-7-21-8-9-22-10-11-23-12-13-24-14-15(19)20/h5-6,15,19-20H,7-14H2,1-4H3/b6-5+. The van der Waals surface area contributed by atoms with Crippen LogP contribution in [0.5, 0.6) is 0 Å². The van der Waals surface area contributed by atoms with Crippen molar-refractivity contribution in [2.75, 3.05) is 52.9 Å². The van der Waals surface area contributed by atoms with E-state index < -0.39 is 6.29 Å². The molecule has 0 aliphatic carbocycles. The van der Waals surface area contributed by atoms with Crippen LogP contribution in [0.3, 0.4) is 0 Å². The maximum absolute atomic E-state index is 8.57. The molecule has 0 aromatic carbocycles. The van der Waals surface area contributed by atoms with Crippen molar-refractivity contribution in [2.45, 2.75) is 45.2 Å². The molecule has 8 nitrogen and oxygen atoms in total. The van der Waals surface area contributed by atoms with Gasteiger partial charge in [-0.2, -0.15) is 0 Å². The molecule has 1 aliphatic heterocycles. The van der Waals surface area contributed by atoms with Crippen LogP contribution in [-0.4, -0.2) is 87.7 Å². The van der Waals surface area contributed by atoms with Crippen molar-refractivity contribution < 1.29 is 38.5 Å². The van der Waals surface area contributed by atoms with Gasteiger partial charge in [-0.3, -0.25) is 0 Å². The van der Waals surface area contributed by atoms with Crippen LogP contribution in [0.15, 0.2) is 12.1 Å². The van der Waals surface area contributed by atoms with Gasteiger partial charge in [-0.1, -0.05) is 12.1 Å². The van der Waals surface area contributed by atoms with Gasteiger partial charge in [0.1, 0.15) is 0 Å². The largest absolute Gasteiger partial charge is 0.486 e. The molecule has 26 heavy (non-hydrogen) atoms. The van der Waals surface area contributed by atoms with Gasteiger partial charge in [-0.25, -0.2) is 0 Å². The fourth-order valence-electron chi connectivity index (χ4n) is 2.03. The molecule has 0 radical (unpaired) electrons.